The number of halogens is 1. The quantitative estimate of drug-likeness (QED) is 0.906. The van der Waals surface area contributed by atoms with Gasteiger partial charge in [-0.2, -0.15) is 0 Å². The molecule has 0 saturated carbocycles. The van der Waals surface area contributed by atoms with Crippen LogP contribution in [0.25, 0.3) is 0 Å². The van der Waals surface area contributed by atoms with Crippen molar-refractivity contribution in [2.24, 2.45) is 0 Å². The number of amides is 2. The molecule has 25 heavy (non-hydrogen) atoms. The highest BCUT2D eigenvalue weighted by Crippen LogP contribution is 2.23. The standard InChI is InChI=1S/C18H21FN4O2/c1-22(2)15-10-23(11-15)18(24)21-13-6-7-17(16(19)9-13)25-12-14-5-3-4-8-20-14/h3-9,15H,10-12H2,1-2H3,(H,21,24). The van der Waals surface area contributed by atoms with Crippen molar-refractivity contribution < 1.29 is 13.9 Å². The Labute approximate surface area is 146 Å². The Morgan fingerprint density at radius 1 is 1.36 bits per heavy atom. The van der Waals surface area contributed by atoms with Gasteiger partial charge in [-0.1, -0.05) is 6.07 Å². The Bertz CT molecular complexity index is 733. The van der Waals surface area contributed by atoms with E-state index in [2.05, 4.69) is 15.2 Å². The van der Waals surface area contributed by atoms with Crippen LogP contribution < -0.4 is 10.1 Å². The van der Waals surface area contributed by atoms with Gasteiger partial charge in [-0.25, -0.2) is 9.18 Å². The first-order chi connectivity index (χ1) is 12.0. The number of hydrogen-bond acceptors (Lipinski definition) is 4. The summed E-state index contributed by atoms with van der Waals surface area (Å²) in [5.74, 6) is -0.399. The van der Waals surface area contributed by atoms with Gasteiger partial charge in [0, 0.05) is 37.1 Å². The minimum absolute atomic E-state index is 0.125. The molecule has 1 aliphatic rings. The molecular weight excluding hydrogens is 323 g/mol. The number of benzene rings is 1. The minimum atomic E-state index is -0.525. The Hall–Kier alpha value is -2.67. The SMILES string of the molecule is CN(C)C1CN(C(=O)Nc2ccc(OCc3ccccn3)c(F)c2)C1. The molecule has 0 atom stereocenters. The summed E-state index contributed by atoms with van der Waals surface area (Å²) in [5.41, 5.74) is 1.12. The van der Waals surface area contributed by atoms with Crippen LogP contribution in [0.4, 0.5) is 14.9 Å². The summed E-state index contributed by atoms with van der Waals surface area (Å²) < 4.78 is 19.6. The zero-order chi connectivity index (χ0) is 17.8. The molecule has 2 amide bonds. The van der Waals surface area contributed by atoms with Crippen molar-refractivity contribution in [1.29, 1.82) is 0 Å². The highest BCUT2D eigenvalue weighted by atomic mass is 19.1. The van der Waals surface area contributed by atoms with Gasteiger partial charge in [0.15, 0.2) is 11.6 Å². The number of carbonyl (C=O) groups excluding carboxylic acids is 1. The van der Waals surface area contributed by atoms with Crippen LogP contribution in [0.5, 0.6) is 5.75 Å². The van der Waals surface area contributed by atoms with E-state index in [1.54, 1.807) is 29.3 Å². The van der Waals surface area contributed by atoms with E-state index in [0.717, 1.165) is 0 Å². The van der Waals surface area contributed by atoms with Crippen molar-refractivity contribution in [3.63, 3.8) is 0 Å². The summed E-state index contributed by atoms with van der Waals surface area (Å²) >= 11 is 0. The molecule has 2 heterocycles. The highest BCUT2D eigenvalue weighted by Gasteiger charge is 2.31. The fourth-order valence-electron chi connectivity index (χ4n) is 2.48. The Balaban J connectivity index is 1.54. The maximum absolute atomic E-state index is 14.2. The molecule has 1 fully saturated rings. The average molecular weight is 344 g/mol. The van der Waals surface area contributed by atoms with Crippen LogP contribution in [0.1, 0.15) is 5.69 Å². The molecule has 2 aromatic rings. The maximum Gasteiger partial charge on any atom is 0.321 e. The van der Waals surface area contributed by atoms with Crippen molar-refractivity contribution in [3.05, 3.63) is 54.1 Å². The molecule has 0 aliphatic carbocycles. The van der Waals surface area contributed by atoms with Crippen molar-refractivity contribution in [3.8, 4) is 5.75 Å². The van der Waals surface area contributed by atoms with Gasteiger partial charge in [0.1, 0.15) is 6.61 Å². The number of aromatic nitrogens is 1. The first kappa shape index (κ1) is 17.2. The van der Waals surface area contributed by atoms with Gasteiger partial charge < -0.3 is 19.9 Å². The van der Waals surface area contributed by atoms with Crippen molar-refractivity contribution >= 4 is 11.7 Å². The second kappa shape index (κ2) is 7.48. The lowest BCUT2D eigenvalue weighted by atomic mass is 10.1. The first-order valence-corrected chi connectivity index (χ1v) is 8.07. The highest BCUT2D eigenvalue weighted by molar-refractivity contribution is 5.90. The van der Waals surface area contributed by atoms with E-state index in [4.69, 9.17) is 4.74 Å². The van der Waals surface area contributed by atoms with E-state index in [9.17, 15) is 9.18 Å². The number of ether oxygens (including phenoxy) is 1. The Morgan fingerprint density at radius 2 is 2.16 bits per heavy atom. The summed E-state index contributed by atoms with van der Waals surface area (Å²) in [6.07, 6.45) is 1.66. The molecule has 6 nitrogen and oxygen atoms in total. The van der Waals surface area contributed by atoms with E-state index < -0.39 is 5.82 Å². The molecule has 0 bridgehead atoms. The van der Waals surface area contributed by atoms with Gasteiger partial charge in [-0.15, -0.1) is 0 Å². The summed E-state index contributed by atoms with van der Waals surface area (Å²) in [4.78, 5) is 20.0. The lowest BCUT2D eigenvalue weighted by Crippen LogP contribution is -2.60. The van der Waals surface area contributed by atoms with E-state index in [0.29, 0.717) is 30.5 Å². The summed E-state index contributed by atoms with van der Waals surface area (Å²) in [7, 11) is 3.97. The predicted octanol–water partition coefficient (Wildman–Crippen LogP) is 2.58. The fraction of sp³-hybridized carbons (Fsp3) is 0.333. The molecule has 1 aromatic carbocycles. The number of nitrogens with zero attached hydrogens (tertiary/aromatic N) is 3. The second-order valence-corrected chi connectivity index (χ2v) is 6.21. The van der Waals surface area contributed by atoms with Crippen molar-refractivity contribution in [2.75, 3.05) is 32.5 Å². The van der Waals surface area contributed by atoms with E-state index in [1.807, 2.05) is 20.2 Å². The van der Waals surface area contributed by atoms with Gasteiger partial charge in [0.25, 0.3) is 0 Å². The minimum Gasteiger partial charge on any atom is -0.484 e. The number of likely N-dealkylation sites (tertiary alicyclic amines) is 1. The van der Waals surface area contributed by atoms with Crippen LogP contribution in [0.3, 0.4) is 0 Å². The maximum atomic E-state index is 14.2. The number of pyridine rings is 1. The third kappa shape index (κ3) is 4.24. The normalized spacial score (nSPS) is 14.3. The second-order valence-electron chi connectivity index (χ2n) is 6.21. The lowest BCUT2D eigenvalue weighted by molar-refractivity contribution is 0.0942. The molecule has 0 unspecified atom stereocenters. The fourth-order valence-corrected chi connectivity index (χ4v) is 2.48. The van der Waals surface area contributed by atoms with Gasteiger partial charge in [0.2, 0.25) is 0 Å². The van der Waals surface area contributed by atoms with E-state index in [-0.39, 0.29) is 18.4 Å². The van der Waals surface area contributed by atoms with Crippen LogP contribution in [-0.2, 0) is 6.61 Å². The summed E-state index contributed by atoms with van der Waals surface area (Å²) in [6, 6.07) is 10.0. The third-order valence-electron chi connectivity index (χ3n) is 4.16. The van der Waals surface area contributed by atoms with E-state index in [1.165, 1.54) is 12.1 Å². The average Bonchev–Trinajstić information content (AvgIpc) is 2.53. The van der Waals surface area contributed by atoms with Gasteiger partial charge in [-0.3, -0.25) is 4.98 Å². The van der Waals surface area contributed by atoms with Crippen LogP contribution in [-0.4, -0.2) is 54.0 Å². The molecule has 1 aromatic heterocycles. The summed E-state index contributed by atoms with van der Waals surface area (Å²) in [5, 5.41) is 2.71. The zero-order valence-corrected chi connectivity index (χ0v) is 14.3. The molecule has 1 N–H and O–H groups in total. The number of rotatable bonds is 5. The molecule has 3 rings (SSSR count). The van der Waals surface area contributed by atoms with Crippen LogP contribution in [0, 0.1) is 5.82 Å². The Kier molecular flexibility index (Phi) is 5.14. The van der Waals surface area contributed by atoms with Crippen LogP contribution >= 0.6 is 0 Å². The third-order valence-corrected chi connectivity index (χ3v) is 4.16. The predicted molar refractivity (Wildman–Crippen MR) is 93.0 cm³/mol. The number of nitrogens with one attached hydrogen (secondary N) is 1. The number of hydrogen-bond donors (Lipinski definition) is 1. The first-order valence-electron chi connectivity index (χ1n) is 8.07. The van der Waals surface area contributed by atoms with Gasteiger partial charge in [0.05, 0.1) is 5.69 Å². The van der Waals surface area contributed by atoms with Crippen molar-refractivity contribution in [1.82, 2.24) is 14.8 Å². The molecule has 1 aliphatic heterocycles. The number of carbonyl (C=O) groups is 1. The lowest BCUT2D eigenvalue weighted by Gasteiger charge is -2.42. The van der Waals surface area contributed by atoms with Crippen molar-refractivity contribution in [2.45, 2.75) is 12.6 Å². The smallest absolute Gasteiger partial charge is 0.321 e. The number of anilines is 1. The molecule has 1 saturated heterocycles. The molecule has 0 radical (unpaired) electrons. The largest absolute Gasteiger partial charge is 0.484 e. The molecular formula is C18H21FN4O2. The number of likely N-dealkylation sites (N-methyl/N-ethyl adjacent to an activating group) is 1. The van der Waals surface area contributed by atoms with Gasteiger partial charge in [-0.05, 0) is 38.4 Å². The Morgan fingerprint density at radius 3 is 2.80 bits per heavy atom. The molecule has 7 heteroatoms. The summed E-state index contributed by atoms with van der Waals surface area (Å²) in [6.45, 7) is 1.53. The topological polar surface area (TPSA) is 57.7 Å². The molecule has 132 valence electrons. The molecule has 0 spiro atoms. The monoisotopic (exact) mass is 344 g/mol. The zero-order valence-electron chi connectivity index (χ0n) is 14.3. The van der Waals surface area contributed by atoms with E-state index >= 15 is 0 Å². The van der Waals surface area contributed by atoms with Crippen LogP contribution in [0.15, 0.2) is 42.6 Å². The van der Waals surface area contributed by atoms with Crippen LogP contribution in [0.2, 0.25) is 0 Å². The van der Waals surface area contributed by atoms with Gasteiger partial charge >= 0.3 is 6.03 Å². The number of urea groups is 1.